The van der Waals surface area contributed by atoms with Crippen LogP contribution in [0.25, 0.3) is 0 Å². The van der Waals surface area contributed by atoms with Gasteiger partial charge in [-0.25, -0.2) is 8.60 Å². The standard InChI is InChI=1S/C11H12FNO3S/c12-10-7-8(17(15)16)3-4-9(10)11(14)13-5-1-2-6-13/h3-4,7H,1-2,5-6H2,(H,15,16). The Bertz CT molecular complexity index is 472. The van der Waals surface area contributed by atoms with E-state index < -0.39 is 16.9 Å². The van der Waals surface area contributed by atoms with Crippen molar-refractivity contribution in [3.05, 3.63) is 29.6 Å². The maximum Gasteiger partial charge on any atom is 0.256 e. The molecule has 1 unspecified atom stereocenters. The van der Waals surface area contributed by atoms with Gasteiger partial charge in [-0.3, -0.25) is 4.79 Å². The van der Waals surface area contributed by atoms with E-state index in [4.69, 9.17) is 4.55 Å². The van der Waals surface area contributed by atoms with Crippen molar-refractivity contribution in [2.75, 3.05) is 13.1 Å². The molecule has 0 spiro atoms. The van der Waals surface area contributed by atoms with Gasteiger partial charge in [0.25, 0.3) is 5.91 Å². The molecule has 0 saturated carbocycles. The topological polar surface area (TPSA) is 57.6 Å². The van der Waals surface area contributed by atoms with Gasteiger partial charge >= 0.3 is 0 Å². The largest absolute Gasteiger partial charge is 0.339 e. The van der Waals surface area contributed by atoms with Crippen molar-refractivity contribution in [1.82, 2.24) is 4.90 Å². The summed E-state index contributed by atoms with van der Waals surface area (Å²) in [6.45, 7) is 1.29. The summed E-state index contributed by atoms with van der Waals surface area (Å²) in [6.07, 6.45) is 1.87. The molecule has 92 valence electrons. The first-order chi connectivity index (χ1) is 8.09. The van der Waals surface area contributed by atoms with Crippen molar-refractivity contribution in [3.8, 4) is 0 Å². The second-order valence-corrected chi connectivity index (χ2v) is 4.86. The summed E-state index contributed by atoms with van der Waals surface area (Å²) in [5.41, 5.74) is -0.0406. The fourth-order valence-corrected chi connectivity index (χ4v) is 2.26. The van der Waals surface area contributed by atoms with Crippen LogP contribution in [0, 0.1) is 5.82 Å². The summed E-state index contributed by atoms with van der Waals surface area (Å²) in [5.74, 6) is -1.10. The zero-order valence-corrected chi connectivity index (χ0v) is 9.87. The lowest BCUT2D eigenvalue weighted by atomic mass is 10.2. The molecule has 6 heteroatoms. The number of nitrogens with zero attached hydrogens (tertiary/aromatic N) is 1. The molecule has 1 N–H and O–H groups in total. The Balaban J connectivity index is 2.26. The molecule has 17 heavy (non-hydrogen) atoms. The maximum atomic E-state index is 13.6. The number of likely N-dealkylation sites (tertiary alicyclic amines) is 1. The van der Waals surface area contributed by atoms with E-state index in [9.17, 15) is 13.4 Å². The van der Waals surface area contributed by atoms with E-state index in [0.29, 0.717) is 13.1 Å². The first kappa shape index (κ1) is 12.2. The molecule has 1 aliphatic heterocycles. The number of halogens is 1. The van der Waals surface area contributed by atoms with E-state index in [1.165, 1.54) is 12.1 Å². The molecule has 1 heterocycles. The number of benzene rings is 1. The van der Waals surface area contributed by atoms with Gasteiger partial charge in [-0.15, -0.1) is 0 Å². The zero-order chi connectivity index (χ0) is 12.4. The number of carbonyl (C=O) groups is 1. The highest BCUT2D eigenvalue weighted by molar-refractivity contribution is 7.79. The van der Waals surface area contributed by atoms with Crippen LogP contribution >= 0.6 is 0 Å². The average Bonchev–Trinajstić information content (AvgIpc) is 2.81. The van der Waals surface area contributed by atoms with Gasteiger partial charge in [0, 0.05) is 13.1 Å². The average molecular weight is 257 g/mol. The normalized spacial score (nSPS) is 17.2. The Labute approximate surface area is 101 Å². The molecule has 1 aliphatic rings. The van der Waals surface area contributed by atoms with Crippen molar-refractivity contribution in [2.24, 2.45) is 0 Å². The zero-order valence-electron chi connectivity index (χ0n) is 9.06. The van der Waals surface area contributed by atoms with E-state index in [0.717, 1.165) is 18.9 Å². The molecule has 0 bridgehead atoms. The van der Waals surface area contributed by atoms with Gasteiger partial charge in [0.05, 0.1) is 10.5 Å². The molecule has 0 aromatic heterocycles. The highest BCUT2D eigenvalue weighted by Crippen LogP contribution is 2.17. The first-order valence-corrected chi connectivity index (χ1v) is 6.40. The lowest BCUT2D eigenvalue weighted by molar-refractivity contribution is 0.0788. The number of rotatable bonds is 2. The van der Waals surface area contributed by atoms with Gasteiger partial charge in [-0.2, -0.15) is 0 Å². The van der Waals surface area contributed by atoms with Gasteiger partial charge in [0.1, 0.15) is 5.82 Å². The molecule has 1 atom stereocenters. The monoisotopic (exact) mass is 257 g/mol. The summed E-state index contributed by atoms with van der Waals surface area (Å²) in [4.78, 5) is 13.4. The Hall–Kier alpha value is -1.27. The highest BCUT2D eigenvalue weighted by atomic mass is 32.2. The van der Waals surface area contributed by atoms with Crippen LogP contribution in [0.4, 0.5) is 4.39 Å². The van der Waals surface area contributed by atoms with E-state index in [-0.39, 0.29) is 16.4 Å². The molecular formula is C11H12FNO3S. The van der Waals surface area contributed by atoms with Crippen LogP contribution in [0.3, 0.4) is 0 Å². The Kier molecular flexibility index (Phi) is 3.54. The minimum Gasteiger partial charge on any atom is -0.339 e. The lowest BCUT2D eigenvalue weighted by Crippen LogP contribution is -2.28. The Morgan fingerprint density at radius 2 is 2.00 bits per heavy atom. The van der Waals surface area contributed by atoms with Crippen molar-refractivity contribution >= 4 is 17.0 Å². The number of hydrogen-bond acceptors (Lipinski definition) is 2. The first-order valence-electron chi connectivity index (χ1n) is 5.29. The van der Waals surface area contributed by atoms with E-state index >= 15 is 0 Å². The van der Waals surface area contributed by atoms with Gasteiger partial charge in [-0.05, 0) is 31.0 Å². The molecule has 0 radical (unpaired) electrons. The van der Waals surface area contributed by atoms with Gasteiger partial charge in [-0.1, -0.05) is 0 Å². The van der Waals surface area contributed by atoms with Crippen LogP contribution in [0.1, 0.15) is 23.2 Å². The second-order valence-electron chi connectivity index (χ2n) is 3.89. The molecule has 1 amide bonds. The predicted molar refractivity (Wildman–Crippen MR) is 60.6 cm³/mol. The quantitative estimate of drug-likeness (QED) is 0.819. The second kappa shape index (κ2) is 4.93. The van der Waals surface area contributed by atoms with Crippen LogP contribution in [0.5, 0.6) is 0 Å². The van der Waals surface area contributed by atoms with Gasteiger partial charge < -0.3 is 9.45 Å². The third-order valence-corrected chi connectivity index (χ3v) is 3.42. The van der Waals surface area contributed by atoms with E-state index in [1.54, 1.807) is 4.90 Å². The van der Waals surface area contributed by atoms with Crippen molar-refractivity contribution in [1.29, 1.82) is 0 Å². The molecule has 1 saturated heterocycles. The molecule has 2 rings (SSSR count). The summed E-state index contributed by atoms with van der Waals surface area (Å²) in [5, 5.41) is 0. The van der Waals surface area contributed by atoms with Gasteiger partial charge in [0.15, 0.2) is 11.1 Å². The van der Waals surface area contributed by atoms with E-state index in [1.807, 2.05) is 0 Å². The molecule has 1 aromatic rings. The number of amides is 1. The summed E-state index contributed by atoms with van der Waals surface area (Å²) in [6, 6.07) is 3.49. The number of carbonyl (C=O) groups excluding carboxylic acids is 1. The Morgan fingerprint density at radius 1 is 1.35 bits per heavy atom. The van der Waals surface area contributed by atoms with Crippen LogP contribution < -0.4 is 0 Å². The minimum atomic E-state index is -2.23. The highest BCUT2D eigenvalue weighted by Gasteiger charge is 2.22. The molecule has 0 aliphatic carbocycles. The van der Waals surface area contributed by atoms with Crippen LogP contribution in [0.2, 0.25) is 0 Å². The van der Waals surface area contributed by atoms with Crippen molar-refractivity contribution < 1.29 is 17.9 Å². The molecular weight excluding hydrogens is 245 g/mol. The van der Waals surface area contributed by atoms with Crippen LogP contribution in [0.15, 0.2) is 23.1 Å². The summed E-state index contributed by atoms with van der Waals surface area (Å²) in [7, 11) is 0. The third-order valence-electron chi connectivity index (χ3n) is 2.77. The van der Waals surface area contributed by atoms with Crippen molar-refractivity contribution in [3.63, 3.8) is 0 Å². The van der Waals surface area contributed by atoms with Gasteiger partial charge in [0.2, 0.25) is 0 Å². The smallest absolute Gasteiger partial charge is 0.256 e. The molecule has 1 aromatic carbocycles. The summed E-state index contributed by atoms with van der Waals surface area (Å²) >= 11 is -2.23. The molecule has 4 nitrogen and oxygen atoms in total. The Morgan fingerprint density at radius 3 is 2.53 bits per heavy atom. The minimum absolute atomic E-state index is 0.0406. The van der Waals surface area contributed by atoms with Crippen LogP contribution in [-0.4, -0.2) is 32.7 Å². The lowest BCUT2D eigenvalue weighted by Gasteiger charge is -2.15. The van der Waals surface area contributed by atoms with Crippen molar-refractivity contribution in [2.45, 2.75) is 17.7 Å². The molecule has 1 fully saturated rings. The maximum absolute atomic E-state index is 13.6. The fourth-order valence-electron chi connectivity index (χ4n) is 1.87. The number of hydrogen-bond donors (Lipinski definition) is 1. The van der Waals surface area contributed by atoms with E-state index in [2.05, 4.69) is 0 Å². The van der Waals surface area contributed by atoms with Crippen LogP contribution in [-0.2, 0) is 11.1 Å². The third kappa shape index (κ3) is 2.53. The summed E-state index contributed by atoms with van der Waals surface area (Å²) < 4.78 is 33.2. The fraction of sp³-hybridized carbons (Fsp3) is 0.364. The predicted octanol–water partition coefficient (Wildman–Crippen LogP) is 1.64. The SMILES string of the molecule is O=C(c1ccc(S(=O)O)cc1F)N1CCCC1.